The van der Waals surface area contributed by atoms with Gasteiger partial charge in [-0.05, 0) is 80.1 Å². The fourth-order valence-corrected chi connectivity index (χ4v) is 8.19. The van der Waals surface area contributed by atoms with Gasteiger partial charge in [0, 0.05) is 17.5 Å². The molecule has 3 heteroatoms. The van der Waals surface area contributed by atoms with Gasteiger partial charge in [0.2, 0.25) is 0 Å². The molecule has 5 fully saturated rings. The lowest BCUT2D eigenvalue weighted by Gasteiger charge is -2.43. The summed E-state index contributed by atoms with van der Waals surface area (Å²) >= 11 is 6.18. The fraction of sp³-hybridized carbons (Fsp3) is 0.708. The highest BCUT2D eigenvalue weighted by atomic mass is 32.1. The van der Waals surface area contributed by atoms with E-state index in [9.17, 15) is 0 Å². The third-order valence-corrected chi connectivity index (χ3v) is 9.32. The van der Waals surface area contributed by atoms with E-state index in [4.69, 9.17) is 18.0 Å². The summed E-state index contributed by atoms with van der Waals surface area (Å²) in [7, 11) is 0. The summed E-state index contributed by atoms with van der Waals surface area (Å²) in [6.07, 6.45) is 11.3. The molecule has 0 heterocycles. The number of hydrogen-bond acceptors (Lipinski definition) is 2. The fourth-order valence-electron chi connectivity index (χ4n) is 7.72. The number of benzene rings is 1. The van der Waals surface area contributed by atoms with E-state index < -0.39 is 0 Å². The van der Waals surface area contributed by atoms with E-state index in [0.29, 0.717) is 17.5 Å². The first-order chi connectivity index (χ1) is 13.1. The van der Waals surface area contributed by atoms with E-state index in [-0.39, 0.29) is 5.41 Å². The van der Waals surface area contributed by atoms with Crippen LogP contribution >= 0.6 is 12.2 Å². The monoisotopic (exact) mass is 382 g/mol. The van der Waals surface area contributed by atoms with Crippen molar-refractivity contribution in [3.8, 4) is 0 Å². The van der Waals surface area contributed by atoms with E-state index >= 15 is 0 Å². The van der Waals surface area contributed by atoms with E-state index in [1.54, 1.807) is 5.56 Å². The maximum Gasteiger partial charge on any atom is 0.0821 e. The molecule has 0 amide bonds. The molecule has 27 heavy (non-hydrogen) atoms. The summed E-state index contributed by atoms with van der Waals surface area (Å²) in [6.45, 7) is 2.40. The highest BCUT2D eigenvalue weighted by Crippen LogP contribution is 2.73. The molecule has 5 unspecified atom stereocenters. The van der Waals surface area contributed by atoms with Crippen molar-refractivity contribution in [2.75, 3.05) is 0 Å². The van der Waals surface area contributed by atoms with Crippen LogP contribution in [0.2, 0.25) is 0 Å². The average Bonchev–Trinajstić information content (AvgIpc) is 3.06. The standard InChI is InChI=1S/C24H34N2S/c1-2-20-16-12-23(17-6-4-3-5-7-17)14-21(20)24(13-16,15-23)22(27)26-19-10-8-18(25)9-11-19/h3-7,16,18-21H,2,8-15,25H2,1H3,(H,26,27). The Bertz CT molecular complexity index is 710. The van der Waals surface area contributed by atoms with Crippen molar-refractivity contribution in [1.29, 1.82) is 0 Å². The van der Waals surface area contributed by atoms with Crippen LogP contribution in [0, 0.1) is 23.2 Å². The first-order valence-corrected chi connectivity index (χ1v) is 11.6. The minimum absolute atomic E-state index is 0.258. The van der Waals surface area contributed by atoms with Gasteiger partial charge in [-0.3, -0.25) is 0 Å². The van der Waals surface area contributed by atoms with Gasteiger partial charge in [0.1, 0.15) is 0 Å². The SMILES string of the molecule is CCC1C2CC3(c4ccccc4)CC1C(C(=S)NC1CCC(N)CC1)(C2)C3. The van der Waals surface area contributed by atoms with Crippen molar-refractivity contribution in [3.63, 3.8) is 0 Å². The Morgan fingerprint density at radius 2 is 1.85 bits per heavy atom. The van der Waals surface area contributed by atoms with E-state index in [2.05, 4.69) is 42.6 Å². The quantitative estimate of drug-likeness (QED) is 0.723. The number of nitrogens with one attached hydrogen (secondary N) is 1. The lowest BCUT2D eigenvalue weighted by atomic mass is 9.61. The van der Waals surface area contributed by atoms with Crippen LogP contribution in [0.5, 0.6) is 0 Å². The van der Waals surface area contributed by atoms with E-state index in [1.165, 1.54) is 49.9 Å². The summed E-state index contributed by atoms with van der Waals surface area (Å²) in [4.78, 5) is 1.21. The smallest absolute Gasteiger partial charge is 0.0821 e. The maximum absolute atomic E-state index is 6.18. The molecule has 146 valence electrons. The van der Waals surface area contributed by atoms with E-state index in [0.717, 1.165) is 30.6 Å². The summed E-state index contributed by atoms with van der Waals surface area (Å²) < 4.78 is 0. The van der Waals surface area contributed by atoms with Gasteiger partial charge in [0.05, 0.1) is 4.99 Å². The first-order valence-electron chi connectivity index (χ1n) is 11.2. The zero-order valence-corrected chi connectivity index (χ0v) is 17.4. The molecule has 5 saturated carbocycles. The third-order valence-electron chi connectivity index (χ3n) is 8.79. The van der Waals surface area contributed by atoms with Crippen LogP contribution in [0.15, 0.2) is 30.3 Å². The molecular formula is C24H34N2S. The van der Waals surface area contributed by atoms with Gasteiger partial charge >= 0.3 is 0 Å². The number of hydrogen-bond donors (Lipinski definition) is 2. The molecule has 5 atom stereocenters. The van der Waals surface area contributed by atoms with Crippen LogP contribution < -0.4 is 11.1 Å². The number of rotatable bonds is 4. The molecule has 6 rings (SSSR count). The molecule has 3 N–H and O–H groups in total. The molecular weight excluding hydrogens is 348 g/mol. The molecule has 1 aromatic rings. The summed E-state index contributed by atoms with van der Waals surface area (Å²) in [5.74, 6) is 2.53. The topological polar surface area (TPSA) is 38.0 Å². The normalized spacial score (nSPS) is 45.2. The van der Waals surface area contributed by atoms with Gasteiger partial charge in [-0.25, -0.2) is 0 Å². The first kappa shape index (κ1) is 18.1. The Balaban J connectivity index is 1.42. The largest absolute Gasteiger partial charge is 0.376 e. The van der Waals surface area contributed by atoms with Gasteiger partial charge in [-0.2, -0.15) is 0 Å². The average molecular weight is 383 g/mol. The summed E-state index contributed by atoms with van der Waals surface area (Å²) in [5, 5.41) is 3.87. The Kier molecular flexibility index (Phi) is 4.40. The number of thiocarbonyl (C=S) groups is 1. The Hall–Kier alpha value is -0.930. The molecule has 1 aromatic carbocycles. The molecule has 4 bridgehead atoms. The van der Waals surface area contributed by atoms with Crippen LogP contribution in [0.4, 0.5) is 0 Å². The molecule has 0 spiro atoms. The van der Waals surface area contributed by atoms with Crippen molar-refractivity contribution in [3.05, 3.63) is 35.9 Å². The van der Waals surface area contributed by atoms with E-state index in [1.807, 2.05) is 0 Å². The highest BCUT2D eigenvalue weighted by molar-refractivity contribution is 7.80. The predicted molar refractivity (Wildman–Crippen MR) is 116 cm³/mol. The van der Waals surface area contributed by atoms with Gasteiger partial charge in [-0.1, -0.05) is 55.9 Å². The zero-order chi connectivity index (χ0) is 18.6. The molecule has 5 aliphatic carbocycles. The van der Waals surface area contributed by atoms with Crippen molar-refractivity contribution in [2.24, 2.45) is 28.9 Å². The molecule has 5 aliphatic rings. The minimum atomic E-state index is 0.258. The zero-order valence-electron chi connectivity index (χ0n) is 16.6. The second-order valence-electron chi connectivity index (χ2n) is 10.1. The Labute approximate surface area is 169 Å². The Morgan fingerprint density at radius 3 is 2.56 bits per heavy atom. The molecule has 0 radical (unpaired) electrons. The van der Waals surface area contributed by atoms with Crippen LogP contribution in [-0.2, 0) is 5.41 Å². The highest BCUT2D eigenvalue weighted by Gasteiger charge is 2.69. The van der Waals surface area contributed by atoms with Crippen LogP contribution in [-0.4, -0.2) is 17.1 Å². The third kappa shape index (κ3) is 2.72. The van der Waals surface area contributed by atoms with Crippen molar-refractivity contribution < 1.29 is 0 Å². The molecule has 0 saturated heterocycles. The second kappa shape index (κ2) is 6.56. The number of nitrogens with two attached hydrogens (primary N) is 1. The van der Waals surface area contributed by atoms with Crippen molar-refractivity contribution in [1.82, 2.24) is 5.32 Å². The summed E-state index contributed by atoms with van der Waals surface area (Å²) in [6, 6.07) is 12.3. The van der Waals surface area contributed by atoms with Crippen LogP contribution in [0.25, 0.3) is 0 Å². The van der Waals surface area contributed by atoms with Gasteiger partial charge in [0.15, 0.2) is 0 Å². The van der Waals surface area contributed by atoms with Gasteiger partial charge in [0.25, 0.3) is 0 Å². The van der Waals surface area contributed by atoms with Gasteiger partial charge < -0.3 is 11.1 Å². The lowest BCUT2D eigenvalue weighted by molar-refractivity contribution is 0.160. The summed E-state index contributed by atoms with van der Waals surface area (Å²) in [5.41, 5.74) is 8.32. The maximum atomic E-state index is 6.18. The van der Waals surface area contributed by atoms with Crippen LogP contribution in [0.1, 0.15) is 70.3 Å². The molecule has 0 aliphatic heterocycles. The van der Waals surface area contributed by atoms with Crippen molar-refractivity contribution in [2.45, 2.75) is 82.2 Å². The van der Waals surface area contributed by atoms with Crippen LogP contribution in [0.3, 0.4) is 0 Å². The second-order valence-corrected chi connectivity index (χ2v) is 10.5. The molecule has 0 aromatic heterocycles. The molecule has 2 nitrogen and oxygen atoms in total. The van der Waals surface area contributed by atoms with Crippen molar-refractivity contribution >= 4 is 17.2 Å². The van der Waals surface area contributed by atoms with Gasteiger partial charge in [-0.15, -0.1) is 0 Å². The minimum Gasteiger partial charge on any atom is -0.376 e. The Morgan fingerprint density at radius 1 is 1.11 bits per heavy atom. The lowest BCUT2D eigenvalue weighted by Crippen LogP contribution is -2.48. The predicted octanol–water partition coefficient (Wildman–Crippen LogP) is 4.96.